The Morgan fingerprint density at radius 1 is 0.759 bits per heavy atom. The SMILES string of the molecule is CC(C)(CCCCCc1cc(O)c(O)c(CCCCC(C)(C)C(=O)O)c1)C(=O)O. The minimum Gasteiger partial charge on any atom is -0.504 e. The van der Waals surface area contributed by atoms with Gasteiger partial charge < -0.3 is 20.4 Å². The first-order valence-corrected chi connectivity index (χ1v) is 10.4. The first-order chi connectivity index (χ1) is 13.4. The Labute approximate surface area is 173 Å². The van der Waals surface area contributed by atoms with Gasteiger partial charge in [0.25, 0.3) is 0 Å². The van der Waals surface area contributed by atoms with Gasteiger partial charge in [0.15, 0.2) is 11.5 Å². The third-order valence-corrected chi connectivity index (χ3v) is 5.65. The number of phenolic OH excluding ortho intramolecular Hbond substituents is 2. The van der Waals surface area contributed by atoms with Crippen LogP contribution in [0.5, 0.6) is 11.5 Å². The molecule has 1 aromatic rings. The van der Waals surface area contributed by atoms with Gasteiger partial charge in [-0.1, -0.05) is 25.3 Å². The van der Waals surface area contributed by atoms with Crippen LogP contribution in [-0.4, -0.2) is 32.4 Å². The van der Waals surface area contributed by atoms with E-state index in [9.17, 15) is 19.8 Å². The van der Waals surface area contributed by atoms with Crippen molar-refractivity contribution in [1.29, 1.82) is 0 Å². The Bertz CT molecular complexity index is 706. The van der Waals surface area contributed by atoms with E-state index in [0.29, 0.717) is 24.8 Å². The summed E-state index contributed by atoms with van der Waals surface area (Å²) in [6, 6.07) is 3.48. The summed E-state index contributed by atoms with van der Waals surface area (Å²) in [5, 5.41) is 38.4. The van der Waals surface area contributed by atoms with Gasteiger partial charge in [0.2, 0.25) is 0 Å². The van der Waals surface area contributed by atoms with E-state index in [4.69, 9.17) is 10.2 Å². The highest BCUT2D eigenvalue weighted by molar-refractivity contribution is 5.73. The maximum absolute atomic E-state index is 11.2. The molecule has 0 atom stereocenters. The molecule has 29 heavy (non-hydrogen) atoms. The summed E-state index contributed by atoms with van der Waals surface area (Å²) in [7, 11) is 0. The second-order valence-corrected chi connectivity index (χ2v) is 9.27. The van der Waals surface area contributed by atoms with Gasteiger partial charge in [0, 0.05) is 0 Å². The largest absolute Gasteiger partial charge is 0.504 e. The van der Waals surface area contributed by atoms with Crippen LogP contribution in [0.4, 0.5) is 0 Å². The molecule has 0 heterocycles. The summed E-state index contributed by atoms with van der Waals surface area (Å²) in [4.78, 5) is 22.3. The Kier molecular flexibility index (Phi) is 8.99. The van der Waals surface area contributed by atoms with Crippen molar-refractivity contribution in [3.8, 4) is 11.5 Å². The minimum atomic E-state index is -0.813. The van der Waals surface area contributed by atoms with Crippen LogP contribution in [0, 0.1) is 10.8 Å². The van der Waals surface area contributed by atoms with Crippen molar-refractivity contribution in [2.45, 2.75) is 85.5 Å². The second-order valence-electron chi connectivity index (χ2n) is 9.27. The number of carboxylic acid groups (broad SMARTS) is 2. The molecule has 0 amide bonds. The number of aromatic hydroxyl groups is 2. The van der Waals surface area contributed by atoms with Crippen molar-refractivity contribution < 1.29 is 30.0 Å². The first-order valence-electron chi connectivity index (χ1n) is 10.4. The molecule has 1 rings (SSSR count). The van der Waals surface area contributed by atoms with Crippen molar-refractivity contribution in [3.63, 3.8) is 0 Å². The number of carboxylic acids is 2. The van der Waals surface area contributed by atoms with E-state index >= 15 is 0 Å². The van der Waals surface area contributed by atoms with Crippen molar-refractivity contribution in [1.82, 2.24) is 0 Å². The Balaban J connectivity index is 2.53. The molecule has 0 saturated carbocycles. The number of benzene rings is 1. The van der Waals surface area contributed by atoms with Crippen LogP contribution in [-0.2, 0) is 22.4 Å². The van der Waals surface area contributed by atoms with E-state index in [1.165, 1.54) is 0 Å². The molecular formula is C23H36O6. The van der Waals surface area contributed by atoms with Crippen LogP contribution in [0.1, 0.15) is 83.8 Å². The van der Waals surface area contributed by atoms with Crippen molar-refractivity contribution in [2.24, 2.45) is 10.8 Å². The van der Waals surface area contributed by atoms with Crippen LogP contribution in [0.2, 0.25) is 0 Å². The Morgan fingerprint density at radius 2 is 1.24 bits per heavy atom. The molecule has 0 aliphatic carbocycles. The molecule has 0 fully saturated rings. The lowest BCUT2D eigenvalue weighted by atomic mass is 9.86. The van der Waals surface area contributed by atoms with Crippen molar-refractivity contribution in [2.75, 3.05) is 0 Å². The van der Waals surface area contributed by atoms with E-state index < -0.39 is 22.8 Å². The molecule has 0 aliphatic heterocycles. The van der Waals surface area contributed by atoms with Gasteiger partial charge in [0.1, 0.15) is 0 Å². The lowest BCUT2D eigenvalue weighted by molar-refractivity contribution is -0.148. The zero-order chi connectivity index (χ0) is 22.2. The molecule has 0 aromatic heterocycles. The summed E-state index contributed by atoms with van der Waals surface area (Å²) >= 11 is 0. The van der Waals surface area contributed by atoms with Crippen LogP contribution in [0.15, 0.2) is 12.1 Å². The van der Waals surface area contributed by atoms with Gasteiger partial charge in [-0.05, 0) is 83.4 Å². The van der Waals surface area contributed by atoms with E-state index in [0.717, 1.165) is 44.1 Å². The van der Waals surface area contributed by atoms with Crippen LogP contribution in [0.3, 0.4) is 0 Å². The molecule has 6 nitrogen and oxygen atoms in total. The molecule has 0 saturated heterocycles. The number of unbranched alkanes of at least 4 members (excludes halogenated alkanes) is 3. The van der Waals surface area contributed by atoms with E-state index in [2.05, 4.69) is 0 Å². The first kappa shape index (κ1) is 24.8. The van der Waals surface area contributed by atoms with Gasteiger partial charge in [-0.15, -0.1) is 0 Å². The lowest BCUT2D eigenvalue weighted by Gasteiger charge is -2.19. The van der Waals surface area contributed by atoms with Crippen LogP contribution in [0.25, 0.3) is 0 Å². The summed E-state index contributed by atoms with van der Waals surface area (Å²) in [6.07, 6.45) is 6.58. The van der Waals surface area contributed by atoms with Gasteiger partial charge in [0.05, 0.1) is 10.8 Å². The van der Waals surface area contributed by atoms with Gasteiger partial charge in [-0.2, -0.15) is 0 Å². The Hall–Kier alpha value is -2.24. The molecule has 164 valence electrons. The topological polar surface area (TPSA) is 115 Å². The third-order valence-electron chi connectivity index (χ3n) is 5.65. The Morgan fingerprint density at radius 3 is 1.76 bits per heavy atom. The number of hydrogen-bond donors (Lipinski definition) is 4. The molecule has 4 N–H and O–H groups in total. The number of phenols is 2. The molecular weight excluding hydrogens is 372 g/mol. The summed E-state index contributed by atoms with van der Waals surface area (Å²) < 4.78 is 0. The number of aryl methyl sites for hydroxylation is 2. The minimum absolute atomic E-state index is 0.102. The highest BCUT2D eigenvalue weighted by Crippen LogP contribution is 2.33. The molecule has 0 bridgehead atoms. The number of aliphatic carboxylic acids is 2. The van der Waals surface area contributed by atoms with Crippen LogP contribution >= 0.6 is 0 Å². The monoisotopic (exact) mass is 408 g/mol. The van der Waals surface area contributed by atoms with E-state index in [1.54, 1.807) is 33.8 Å². The van der Waals surface area contributed by atoms with Gasteiger partial charge in [-0.3, -0.25) is 9.59 Å². The lowest BCUT2D eigenvalue weighted by Crippen LogP contribution is -2.23. The second kappa shape index (κ2) is 10.5. The third kappa shape index (κ3) is 7.95. The van der Waals surface area contributed by atoms with Crippen LogP contribution < -0.4 is 0 Å². The molecule has 0 radical (unpaired) electrons. The molecule has 0 spiro atoms. The van der Waals surface area contributed by atoms with Gasteiger partial charge >= 0.3 is 11.9 Å². The maximum Gasteiger partial charge on any atom is 0.309 e. The number of rotatable bonds is 13. The molecule has 1 aromatic carbocycles. The average Bonchev–Trinajstić information content (AvgIpc) is 2.61. The molecule has 0 unspecified atom stereocenters. The highest BCUT2D eigenvalue weighted by atomic mass is 16.4. The zero-order valence-corrected chi connectivity index (χ0v) is 18.1. The zero-order valence-electron chi connectivity index (χ0n) is 18.1. The predicted molar refractivity (Wildman–Crippen MR) is 112 cm³/mol. The average molecular weight is 409 g/mol. The smallest absolute Gasteiger partial charge is 0.309 e. The van der Waals surface area contributed by atoms with Crippen molar-refractivity contribution >= 4 is 11.9 Å². The fourth-order valence-electron chi connectivity index (χ4n) is 3.25. The van der Waals surface area contributed by atoms with Gasteiger partial charge in [-0.25, -0.2) is 0 Å². The molecule has 0 aliphatic rings. The quantitative estimate of drug-likeness (QED) is 0.265. The summed E-state index contributed by atoms with van der Waals surface area (Å²) in [5.74, 6) is -1.83. The normalized spacial score (nSPS) is 12.1. The van der Waals surface area contributed by atoms with Crippen molar-refractivity contribution in [3.05, 3.63) is 23.3 Å². The standard InChI is InChI=1S/C23H36O6/c1-22(2,20(26)27)12-8-5-6-10-16-14-17(19(25)18(24)15-16)11-7-9-13-23(3,4)21(28)29/h14-15,24-25H,5-13H2,1-4H3,(H,26,27)(H,28,29). The summed E-state index contributed by atoms with van der Waals surface area (Å²) in [5.41, 5.74) is 0.152. The van der Waals surface area contributed by atoms with E-state index in [-0.39, 0.29) is 11.5 Å². The fourth-order valence-corrected chi connectivity index (χ4v) is 3.25. The number of hydrogen-bond acceptors (Lipinski definition) is 4. The highest BCUT2D eigenvalue weighted by Gasteiger charge is 2.26. The summed E-state index contributed by atoms with van der Waals surface area (Å²) in [6.45, 7) is 6.88. The molecule has 6 heteroatoms. The fraction of sp³-hybridized carbons (Fsp3) is 0.652. The number of carbonyl (C=O) groups is 2. The maximum atomic E-state index is 11.2. The van der Waals surface area contributed by atoms with E-state index in [1.807, 2.05) is 6.07 Å². The predicted octanol–water partition coefficient (Wildman–Crippen LogP) is 5.14.